The van der Waals surface area contributed by atoms with Crippen molar-refractivity contribution in [2.75, 3.05) is 5.32 Å². The van der Waals surface area contributed by atoms with Gasteiger partial charge in [0.25, 0.3) is 0 Å². The van der Waals surface area contributed by atoms with Crippen LogP contribution in [0.25, 0.3) is 0 Å². The maximum absolute atomic E-state index is 13.5. The van der Waals surface area contributed by atoms with Crippen molar-refractivity contribution in [3.05, 3.63) is 29.6 Å². The lowest BCUT2D eigenvalue weighted by atomic mass is 9.80. The fourth-order valence-electron chi connectivity index (χ4n) is 2.95. The molecule has 1 aromatic rings. The maximum Gasteiger partial charge on any atom is 0.182 e. The number of rotatable bonds is 2. The predicted octanol–water partition coefficient (Wildman–Crippen LogP) is 4.34. The molecule has 18 heavy (non-hydrogen) atoms. The minimum atomic E-state index is -1.14. The fraction of sp³-hybridized carbons (Fsp3) is 0.571. The second kappa shape index (κ2) is 5.21. The smallest absolute Gasteiger partial charge is 0.182 e. The molecule has 0 bridgehead atoms. The van der Waals surface area contributed by atoms with Crippen LogP contribution in [0.3, 0.4) is 0 Å². The second-order valence-corrected chi connectivity index (χ2v) is 5.51. The molecule has 2 atom stereocenters. The van der Waals surface area contributed by atoms with Crippen LogP contribution in [0.1, 0.15) is 33.1 Å². The monoisotopic (exact) mass is 257 g/mol. The zero-order chi connectivity index (χ0) is 13.3. The van der Waals surface area contributed by atoms with Crippen LogP contribution in [0.15, 0.2) is 12.1 Å². The molecule has 1 nitrogen and oxygen atoms in total. The molecule has 1 saturated carbocycles. The number of halogens is 3. The number of hydrogen-bond acceptors (Lipinski definition) is 1. The molecule has 1 aliphatic carbocycles. The quantitative estimate of drug-likeness (QED) is 0.777. The number of benzene rings is 1. The highest BCUT2D eigenvalue weighted by Gasteiger charge is 2.25. The summed E-state index contributed by atoms with van der Waals surface area (Å²) in [5, 5.41) is 2.94. The van der Waals surface area contributed by atoms with E-state index in [1.54, 1.807) is 0 Å². The summed E-state index contributed by atoms with van der Waals surface area (Å²) < 4.78 is 39.7. The van der Waals surface area contributed by atoms with E-state index in [4.69, 9.17) is 0 Å². The van der Waals surface area contributed by atoms with Crippen molar-refractivity contribution in [1.82, 2.24) is 0 Å². The molecule has 2 rings (SSSR count). The first-order chi connectivity index (χ1) is 8.45. The highest BCUT2D eigenvalue weighted by atomic mass is 19.2. The van der Waals surface area contributed by atoms with E-state index >= 15 is 0 Å². The lowest BCUT2D eigenvalue weighted by Crippen LogP contribution is -2.30. The molecule has 0 radical (unpaired) electrons. The Morgan fingerprint density at radius 1 is 1.00 bits per heavy atom. The van der Waals surface area contributed by atoms with Crippen molar-refractivity contribution in [1.29, 1.82) is 0 Å². The molecule has 1 aromatic carbocycles. The lowest BCUT2D eigenvalue weighted by Gasteiger charge is -2.32. The molecule has 2 unspecified atom stereocenters. The van der Waals surface area contributed by atoms with E-state index in [-0.39, 0.29) is 11.7 Å². The van der Waals surface area contributed by atoms with Gasteiger partial charge in [-0.2, -0.15) is 0 Å². The summed E-state index contributed by atoms with van der Waals surface area (Å²) in [6.07, 6.45) is 2.96. The van der Waals surface area contributed by atoms with E-state index in [0.717, 1.165) is 25.3 Å². The Balaban J connectivity index is 2.14. The molecular weight excluding hydrogens is 239 g/mol. The molecule has 0 amide bonds. The summed E-state index contributed by atoms with van der Waals surface area (Å²) in [6.45, 7) is 4.29. The molecule has 1 fully saturated rings. The van der Waals surface area contributed by atoms with Crippen LogP contribution in [-0.4, -0.2) is 6.04 Å². The van der Waals surface area contributed by atoms with Gasteiger partial charge in [0.1, 0.15) is 5.82 Å². The highest BCUT2D eigenvalue weighted by Crippen LogP contribution is 2.31. The molecule has 4 heteroatoms. The van der Waals surface area contributed by atoms with Crippen molar-refractivity contribution < 1.29 is 13.2 Å². The first-order valence-electron chi connectivity index (χ1n) is 6.36. The number of hydrogen-bond donors (Lipinski definition) is 1. The Bertz CT molecular complexity index is 423. The van der Waals surface area contributed by atoms with Crippen LogP contribution >= 0.6 is 0 Å². The summed E-state index contributed by atoms with van der Waals surface area (Å²) in [5.74, 6) is -1.80. The lowest BCUT2D eigenvalue weighted by molar-refractivity contribution is 0.280. The van der Waals surface area contributed by atoms with Crippen molar-refractivity contribution in [2.45, 2.75) is 39.2 Å². The topological polar surface area (TPSA) is 12.0 Å². The van der Waals surface area contributed by atoms with Gasteiger partial charge in [0.05, 0.1) is 5.69 Å². The van der Waals surface area contributed by atoms with Gasteiger partial charge in [-0.25, -0.2) is 13.2 Å². The summed E-state index contributed by atoms with van der Waals surface area (Å²) in [5.41, 5.74) is -0.0706. The van der Waals surface area contributed by atoms with E-state index in [9.17, 15) is 13.2 Å². The molecule has 100 valence electrons. The average Bonchev–Trinajstić information content (AvgIpc) is 2.23. The third-order valence-corrected chi connectivity index (χ3v) is 3.53. The van der Waals surface area contributed by atoms with Crippen LogP contribution in [0.4, 0.5) is 18.9 Å². The van der Waals surface area contributed by atoms with E-state index in [1.807, 2.05) is 0 Å². The van der Waals surface area contributed by atoms with Gasteiger partial charge in [-0.3, -0.25) is 0 Å². The van der Waals surface area contributed by atoms with Gasteiger partial charge >= 0.3 is 0 Å². The zero-order valence-corrected chi connectivity index (χ0v) is 10.6. The normalized spacial score (nSPS) is 28.2. The molecular formula is C14H18F3N. The molecule has 0 aliphatic heterocycles. The van der Waals surface area contributed by atoms with E-state index in [0.29, 0.717) is 17.9 Å². The van der Waals surface area contributed by atoms with Crippen LogP contribution in [0.5, 0.6) is 0 Å². The highest BCUT2D eigenvalue weighted by molar-refractivity contribution is 5.46. The molecule has 1 aliphatic rings. The molecule has 1 N–H and O–H groups in total. The van der Waals surface area contributed by atoms with Crippen LogP contribution < -0.4 is 5.32 Å². The van der Waals surface area contributed by atoms with Gasteiger partial charge in [-0.15, -0.1) is 0 Å². The molecule has 0 heterocycles. The zero-order valence-electron chi connectivity index (χ0n) is 10.6. The van der Waals surface area contributed by atoms with Crippen LogP contribution in [0, 0.1) is 29.3 Å². The SMILES string of the molecule is CC1CC(C)CC(Nc2cc(F)cc(F)c2F)C1. The third-order valence-electron chi connectivity index (χ3n) is 3.53. The van der Waals surface area contributed by atoms with Gasteiger partial charge in [0, 0.05) is 18.2 Å². The minimum absolute atomic E-state index is 0.0706. The van der Waals surface area contributed by atoms with Crippen molar-refractivity contribution in [3.63, 3.8) is 0 Å². The van der Waals surface area contributed by atoms with E-state index < -0.39 is 17.5 Å². The molecule has 0 spiro atoms. The minimum Gasteiger partial charge on any atom is -0.380 e. The Labute approximate surface area is 105 Å². The second-order valence-electron chi connectivity index (χ2n) is 5.51. The number of anilines is 1. The summed E-state index contributed by atoms with van der Waals surface area (Å²) in [7, 11) is 0. The van der Waals surface area contributed by atoms with E-state index in [1.165, 1.54) is 0 Å². The van der Waals surface area contributed by atoms with Crippen LogP contribution in [-0.2, 0) is 0 Å². The Morgan fingerprint density at radius 3 is 2.22 bits per heavy atom. The molecule has 0 aromatic heterocycles. The average molecular weight is 257 g/mol. The van der Waals surface area contributed by atoms with Crippen molar-refractivity contribution in [2.24, 2.45) is 11.8 Å². The summed E-state index contributed by atoms with van der Waals surface area (Å²) in [6, 6.07) is 1.66. The first-order valence-corrected chi connectivity index (χ1v) is 6.36. The maximum atomic E-state index is 13.5. The third kappa shape index (κ3) is 2.98. The summed E-state index contributed by atoms with van der Waals surface area (Å²) >= 11 is 0. The summed E-state index contributed by atoms with van der Waals surface area (Å²) in [4.78, 5) is 0. The van der Waals surface area contributed by atoms with Gasteiger partial charge < -0.3 is 5.32 Å². The largest absolute Gasteiger partial charge is 0.380 e. The van der Waals surface area contributed by atoms with Crippen molar-refractivity contribution >= 4 is 5.69 Å². The first kappa shape index (κ1) is 13.2. The van der Waals surface area contributed by atoms with Crippen LogP contribution in [0.2, 0.25) is 0 Å². The molecule has 0 saturated heterocycles. The van der Waals surface area contributed by atoms with Gasteiger partial charge in [0.2, 0.25) is 0 Å². The fourth-order valence-corrected chi connectivity index (χ4v) is 2.95. The Kier molecular flexibility index (Phi) is 3.83. The van der Waals surface area contributed by atoms with E-state index in [2.05, 4.69) is 19.2 Å². The van der Waals surface area contributed by atoms with Crippen molar-refractivity contribution in [3.8, 4) is 0 Å². The predicted molar refractivity (Wildman–Crippen MR) is 65.9 cm³/mol. The Morgan fingerprint density at radius 2 is 1.61 bits per heavy atom. The number of nitrogens with one attached hydrogen (secondary N) is 1. The van der Waals surface area contributed by atoms with Gasteiger partial charge in [-0.1, -0.05) is 13.8 Å². The standard InChI is InChI=1S/C14H18F3N/c1-8-3-9(2)5-11(4-8)18-13-7-10(15)6-12(16)14(13)17/h6-9,11,18H,3-5H2,1-2H3. The Hall–Kier alpha value is -1.19. The van der Waals surface area contributed by atoms with Gasteiger partial charge in [-0.05, 0) is 31.1 Å². The van der Waals surface area contributed by atoms with Gasteiger partial charge in [0.15, 0.2) is 11.6 Å².